The molecule has 19 heavy (non-hydrogen) atoms. The van der Waals surface area contributed by atoms with Gasteiger partial charge in [-0.25, -0.2) is 0 Å². The lowest BCUT2D eigenvalue weighted by Crippen LogP contribution is -2.44. The van der Waals surface area contributed by atoms with E-state index in [4.69, 9.17) is 11.6 Å². The smallest absolute Gasteiger partial charge is 0.0693 e. The molecule has 3 rings (SSSR count). The summed E-state index contributed by atoms with van der Waals surface area (Å²) in [6.45, 7) is 0. The van der Waals surface area contributed by atoms with Gasteiger partial charge in [0, 0.05) is 22.0 Å². The number of thioether (sulfide) groups is 1. The molecule has 3 atom stereocenters. The second-order valence-electron chi connectivity index (χ2n) is 5.50. The number of aliphatic hydroxyl groups is 1. The summed E-state index contributed by atoms with van der Waals surface area (Å²) >= 11 is 8.03. The van der Waals surface area contributed by atoms with Crippen molar-refractivity contribution < 1.29 is 5.11 Å². The fourth-order valence-corrected chi connectivity index (χ4v) is 4.39. The quantitative estimate of drug-likeness (QED) is 0.871. The van der Waals surface area contributed by atoms with E-state index in [0.29, 0.717) is 6.04 Å². The van der Waals surface area contributed by atoms with Crippen LogP contribution in [0.2, 0.25) is 5.02 Å². The third-order valence-electron chi connectivity index (χ3n) is 4.16. The maximum Gasteiger partial charge on any atom is 0.0693 e. The fourth-order valence-electron chi connectivity index (χ4n) is 3.10. The van der Waals surface area contributed by atoms with Crippen LogP contribution in [0.15, 0.2) is 23.1 Å². The van der Waals surface area contributed by atoms with Crippen LogP contribution in [0.4, 0.5) is 0 Å². The van der Waals surface area contributed by atoms with Gasteiger partial charge in [0.15, 0.2) is 0 Å². The highest BCUT2D eigenvalue weighted by atomic mass is 35.5. The van der Waals surface area contributed by atoms with Gasteiger partial charge < -0.3 is 10.4 Å². The minimum absolute atomic E-state index is 0.189. The van der Waals surface area contributed by atoms with Gasteiger partial charge in [0.1, 0.15) is 0 Å². The van der Waals surface area contributed by atoms with Crippen molar-refractivity contribution in [3.8, 4) is 0 Å². The zero-order valence-electron chi connectivity index (χ0n) is 10.9. The van der Waals surface area contributed by atoms with Crippen LogP contribution in [0, 0.1) is 0 Å². The normalized spacial score (nSPS) is 30.9. The van der Waals surface area contributed by atoms with Crippen molar-refractivity contribution in [2.75, 3.05) is 5.75 Å². The van der Waals surface area contributed by atoms with Crippen LogP contribution in [-0.4, -0.2) is 23.0 Å². The molecule has 1 saturated carbocycles. The Morgan fingerprint density at radius 2 is 2.05 bits per heavy atom. The number of hydrogen-bond donors (Lipinski definition) is 2. The maximum absolute atomic E-state index is 10.1. The van der Waals surface area contributed by atoms with E-state index in [1.807, 2.05) is 17.8 Å². The lowest BCUT2D eigenvalue weighted by Gasteiger charge is -2.34. The Bertz CT molecular complexity index is 454. The number of hydrogen-bond acceptors (Lipinski definition) is 3. The largest absolute Gasteiger partial charge is 0.392 e. The average molecular weight is 298 g/mol. The van der Waals surface area contributed by atoms with Gasteiger partial charge in [-0.3, -0.25) is 0 Å². The molecule has 1 fully saturated rings. The first-order valence-electron chi connectivity index (χ1n) is 7.10. The van der Waals surface area contributed by atoms with E-state index in [0.717, 1.165) is 36.5 Å². The molecule has 1 aromatic carbocycles. The van der Waals surface area contributed by atoms with Gasteiger partial charge >= 0.3 is 0 Å². The summed E-state index contributed by atoms with van der Waals surface area (Å²) in [5.41, 5.74) is 1.31. The molecule has 1 aliphatic heterocycles. The standard InChI is InChI=1S/C15H20ClNOS/c16-10-5-6-15-11(9-10)12(7-8-19-15)17-13-3-1-2-4-14(13)18/h5-6,9,12-14,17-18H,1-4,7-8H2. The van der Waals surface area contributed by atoms with Crippen LogP contribution in [0.5, 0.6) is 0 Å². The maximum atomic E-state index is 10.1. The lowest BCUT2D eigenvalue weighted by molar-refractivity contribution is 0.0842. The van der Waals surface area contributed by atoms with Crippen LogP contribution >= 0.6 is 23.4 Å². The molecule has 0 amide bonds. The van der Waals surface area contributed by atoms with E-state index in [1.54, 1.807) is 0 Å². The second-order valence-corrected chi connectivity index (χ2v) is 7.07. The predicted molar refractivity (Wildman–Crippen MR) is 80.9 cm³/mol. The van der Waals surface area contributed by atoms with Crippen LogP contribution in [0.1, 0.15) is 43.7 Å². The molecule has 0 radical (unpaired) electrons. The van der Waals surface area contributed by atoms with Gasteiger partial charge in [0.05, 0.1) is 6.10 Å². The van der Waals surface area contributed by atoms with Gasteiger partial charge in [-0.05, 0) is 48.8 Å². The molecule has 4 heteroatoms. The number of rotatable bonds is 2. The van der Waals surface area contributed by atoms with Gasteiger partial charge in [-0.15, -0.1) is 11.8 Å². The van der Waals surface area contributed by atoms with Crippen molar-refractivity contribution in [3.63, 3.8) is 0 Å². The molecule has 2 aliphatic rings. The summed E-state index contributed by atoms with van der Waals surface area (Å²) < 4.78 is 0. The Labute approximate surface area is 123 Å². The van der Waals surface area contributed by atoms with Crippen LogP contribution in [0.3, 0.4) is 0 Å². The zero-order chi connectivity index (χ0) is 13.2. The lowest BCUT2D eigenvalue weighted by atomic mass is 9.91. The monoisotopic (exact) mass is 297 g/mol. The van der Waals surface area contributed by atoms with Gasteiger partial charge in [-0.1, -0.05) is 24.4 Å². The molecule has 1 aliphatic carbocycles. The Kier molecular flexibility index (Phi) is 4.37. The van der Waals surface area contributed by atoms with Crippen LogP contribution in [0.25, 0.3) is 0 Å². The fraction of sp³-hybridized carbons (Fsp3) is 0.600. The molecule has 1 aromatic rings. The van der Waals surface area contributed by atoms with Crippen molar-refractivity contribution >= 4 is 23.4 Å². The summed E-state index contributed by atoms with van der Waals surface area (Å²) in [6, 6.07) is 6.75. The Balaban J connectivity index is 1.77. The van der Waals surface area contributed by atoms with Crippen LogP contribution in [-0.2, 0) is 0 Å². The van der Waals surface area contributed by atoms with Crippen molar-refractivity contribution in [2.24, 2.45) is 0 Å². The number of benzene rings is 1. The molecule has 2 N–H and O–H groups in total. The van der Waals surface area contributed by atoms with E-state index in [-0.39, 0.29) is 12.1 Å². The Morgan fingerprint density at radius 3 is 2.89 bits per heavy atom. The first-order chi connectivity index (χ1) is 9.24. The minimum Gasteiger partial charge on any atom is -0.392 e. The van der Waals surface area contributed by atoms with E-state index in [1.165, 1.54) is 16.9 Å². The third kappa shape index (κ3) is 3.10. The van der Waals surface area contributed by atoms with E-state index >= 15 is 0 Å². The highest BCUT2D eigenvalue weighted by Gasteiger charge is 2.28. The minimum atomic E-state index is -0.189. The summed E-state index contributed by atoms with van der Waals surface area (Å²) in [4.78, 5) is 1.33. The Morgan fingerprint density at radius 1 is 1.21 bits per heavy atom. The highest BCUT2D eigenvalue weighted by Crippen LogP contribution is 2.38. The van der Waals surface area contributed by atoms with Crippen molar-refractivity contribution in [1.82, 2.24) is 5.32 Å². The summed E-state index contributed by atoms with van der Waals surface area (Å²) in [5.74, 6) is 1.13. The van der Waals surface area contributed by atoms with Crippen molar-refractivity contribution in [2.45, 2.75) is 55.2 Å². The molecule has 3 unspecified atom stereocenters. The summed E-state index contributed by atoms with van der Waals surface area (Å²) in [7, 11) is 0. The first-order valence-corrected chi connectivity index (χ1v) is 8.47. The molecule has 0 spiro atoms. The molecule has 0 bridgehead atoms. The van der Waals surface area contributed by atoms with E-state index < -0.39 is 0 Å². The first kappa shape index (κ1) is 13.7. The molecule has 0 saturated heterocycles. The number of nitrogens with one attached hydrogen (secondary N) is 1. The molecular weight excluding hydrogens is 278 g/mol. The molecular formula is C15H20ClNOS. The van der Waals surface area contributed by atoms with Gasteiger partial charge in [0.25, 0.3) is 0 Å². The molecule has 1 heterocycles. The number of fused-ring (bicyclic) bond motifs is 1. The highest BCUT2D eigenvalue weighted by molar-refractivity contribution is 7.99. The van der Waals surface area contributed by atoms with Crippen molar-refractivity contribution in [1.29, 1.82) is 0 Å². The zero-order valence-corrected chi connectivity index (χ0v) is 12.5. The molecule has 2 nitrogen and oxygen atoms in total. The van der Waals surface area contributed by atoms with Gasteiger partial charge in [0.2, 0.25) is 0 Å². The summed E-state index contributed by atoms with van der Waals surface area (Å²) in [5, 5.41) is 14.6. The third-order valence-corrected chi connectivity index (χ3v) is 5.51. The Hall–Kier alpha value is -0.220. The van der Waals surface area contributed by atoms with E-state index in [2.05, 4.69) is 17.4 Å². The van der Waals surface area contributed by atoms with Gasteiger partial charge in [-0.2, -0.15) is 0 Å². The summed E-state index contributed by atoms with van der Waals surface area (Å²) in [6.07, 6.45) is 5.32. The SMILES string of the molecule is OC1CCCCC1NC1CCSc2ccc(Cl)cc21. The number of halogens is 1. The molecule has 104 valence electrons. The van der Waals surface area contributed by atoms with Crippen LogP contribution < -0.4 is 5.32 Å². The average Bonchev–Trinajstić information content (AvgIpc) is 2.42. The second kappa shape index (κ2) is 6.04. The topological polar surface area (TPSA) is 32.3 Å². The van der Waals surface area contributed by atoms with E-state index in [9.17, 15) is 5.11 Å². The number of aliphatic hydroxyl groups excluding tert-OH is 1. The predicted octanol–water partition coefficient (Wildman–Crippen LogP) is 3.77. The van der Waals surface area contributed by atoms with Crippen molar-refractivity contribution in [3.05, 3.63) is 28.8 Å². The molecule has 0 aromatic heterocycles.